The number of nitrogens with two attached hydrogens (primary N) is 1. The largest absolute Gasteiger partial charge is 0.453 e. The van der Waals surface area contributed by atoms with Crippen LogP contribution in [0.25, 0.3) is 0 Å². The Morgan fingerprint density at radius 1 is 1.45 bits per heavy atom. The zero-order valence-corrected chi connectivity index (χ0v) is 11.6. The maximum Gasteiger partial charge on any atom is 0.323 e. The molecule has 1 fully saturated rings. The Morgan fingerprint density at radius 3 is 2.77 bits per heavy atom. The smallest absolute Gasteiger partial charge is 0.323 e. The van der Waals surface area contributed by atoms with Gasteiger partial charge in [0.25, 0.3) is 0 Å². The van der Waals surface area contributed by atoms with Gasteiger partial charge in [0.1, 0.15) is 24.4 Å². The summed E-state index contributed by atoms with van der Waals surface area (Å²) in [5, 5.41) is 38.2. The van der Waals surface area contributed by atoms with E-state index >= 15 is 0 Å². The van der Waals surface area contributed by atoms with E-state index in [9.17, 15) is 20.1 Å². The van der Waals surface area contributed by atoms with Crippen LogP contribution < -0.4 is 5.73 Å². The lowest BCUT2D eigenvalue weighted by Gasteiger charge is -2.39. The summed E-state index contributed by atoms with van der Waals surface area (Å²) in [6.45, 7) is -0.602. The van der Waals surface area contributed by atoms with Crippen LogP contribution in [-0.4, -0.2) is 79.7 Å². The Kier molecular flexibility index (Phi) is 5.45. The lowest BCUT2D eigenvalue weighted by Crippen LogP contribution is -2.60. The van der Waals surface area contributed by atoms with Crippen LogP contribution in [-0.2, 0) is 20.7 Å². The monoisotopic (exact) mass is 317 g/mol. The number of rotatable bonds is 5. The molecule has 1 aromatic heterocycles. The molecule has 22 heavy (non-hydrogen) atoms. The van der Waals surface area contributed by atoms with E-state index in [-0.39, 0.29) is 6.42 Å². The summed E-state index contributed by atoms with van der Waals surface area (Å²) in [7, 11) is 0. The number of ether oxygens (including phenoxy) is 2. The van der Waals surface area contributed by atoms with Gasteiger partial charge >= 0.3 is 5.97 Å². The number of nitrogens with zero attached hydrogens (tertiary/aromatic N) is 1. The van der Waals surface area contributed by atoms with E-state index in [0.717, 1.165) is 0 Å². The number of hydrogen-bond donors (Lipinski definition) is 6. The highest BCUT2D eigenvalue weighted by molar-refractivity contribution is 5.76. The van der Waals surface area contributed by atoms with Crippen LogP contribution >= 0.6 is 0 Å². The molecule has 0 aliphatic carbocycles. The van der Waals surface area contributed by atoms with E-state index in [2.05, 4.69) is 9.97 Å². The number of imidazole rings is 1. The van der Waals surface area contributed by atoms with Gasteiger partial charge in [-0.25, -0.2) is 4.98 Å². The van der Waals surface area contributed by atoms with Gasteiger partial charge in [0.15, 0.2) is 12.4 Å². The van der Waals surface area contributed by atoms with Gasteiger partial charge in [-0.05, 0) is 0 Å². The molecule has 1 unspecified atom stereocenters. The van der Waals surface area contributed by atoms with Crippen molar-refractivity contribution in [3.05, 3.63) is 18.2 Å². The summed E-state index contributed by atoms with van der Waals surface area (Å²) in [6.07, 6.45) is -4.41. The Balaban J connectivity index is 1.95. The number of nitrogens with one attached hydrogen (secondary N) is 1. The molecule has 1 aromatic rings. The zero-order chi connectivity index (χ0) is 16.3. The quantitative estimate of drug-likeness (QED) is 0.303. The van der Waals surface area contributed by atoms with Crippen molar-refractivity contribution in [2.45, 2.75) is 43.2 Å². The molecule has 0 aromatic carbocycles. The molecule has 0 amide bonds. The number of aliphatic hydroxyl groups excluding tert-OH is 4. The van der Waals surface area contributed by atoms with Gasteiger partial charge in [-0.1, -0.05) is 0 Å². The predicted octanol–water partition coefficient (Wildman–Crippen LogP) is -3.38. The fourth-order valence-electron chi connectivity index (χ4n) is 2.14. The van der Waals surface area contributed by atoms with Crippen molar-refractivity contribution in [1.29, 1.82) is 0 Å². The van der Waals surface area contributed by atoms with Gasteiger partial charge in [0, 0.05) is 18.3 Å². The first-order valence-corrected chi connectivity index (χ1v) is 6.68. The minimum Gasteiger partial charge on any atom is -0.453 e. The highest BCUT2D eigenvalue weighted by atomic mass is 16.7. The number of aromatic amines is 1. The van der Waals surface area contributed by atoms with Gasteiger partial charge in [0.05, 0.1) is 12.9 Å². The van der Waals surface area contributed by atoms with E-state index in [0.29, 0.717) is 5.69 Å². The molecule has 10 nitrogen and oxygen atoms in total. The molecule has 0 bridgehead atoms. The minimum atomic E-state index is -1.68. The minimum absolute atomic E-state index is 0.125. The number of carbonyl (C=O) groups is 1. The first-order valence-electron chi connectivity index (χ1n) is 6.68. The molecule has 0 radical (unpaired) electrons. The highest BCUT2D eigenvalue weighted by Crippen LogP contribution is 2.22. The second-order valence-electron chi connectivity index (χ2n) is 5.02. The fourth-order valence-corrected chi connectivity index (χ4v) is 2.14. The molecular formula is C12H19N3O7. The molecular weight excluding hydrogens is 298 g/mol. The highest BCUT2D eigenvalue weighted by Gasteiger charge is 2.46. The average Bonchev–Trinajstić information content (AvgIpc) is 2.99. The van der Waals surface area contributed by atoms with Crippen LogP contribution in [0.5, 0.6) is 0 Å². The van der Waals surface area contributed by atoms with Gasteiger partial charge in [-0.2, -0.15) is 0 Å². The third kappa shape index (κ3) is 3.61. The Hall–Kier alpha value is -1.56. The van der Waals surface area contributed by atoms with Crippen molar-refractivity contribution in [3.8, 4) is 0 Å². The molecule has 1 saturated heterocycles. The number of H-pyrrole nitrogens is 1. The molecule has 2 rings (SSSR count). The van der Waals surface area contributed by atoms with Gasteiger partial charge in [0.2, 0.25) is 0 Å². The summed E-state index contributed by atoms with van der Waals surface area (Å²) < 4.78 is 9.80. The van der Waals surface area contributed by atoms with Crippen LogP contribution in [0.2, 0.25) is 0 Å². The van der Waals surface area contributed by atoms with Crippen LogP contribution in [0, 0.1) is 0 Å². The van der Waals surface area contributed by atoms with Crippen LogP contribution in [0.4, 0.5) is 0 Å². The molecule has 124 valence electrons. The summed E-state index contributed by atoms with van der Waals surface area (Å²) in [5.74, 6) is -0.879. The third-order valence-electron chi connectivity index (χ3n) is 3.39. The summed E-state index contributed by atoms with van der Waals surface area (Å²) in [4.78, 5) is 18.5. The van der Waals surface area contributed by atoms with Crippen molar-refractivity contribution >= 4 is 5.97 Å². The van der Waals surface area contributed by atoms with Crippen LogP contribution in [0.3, 0.4) is 0 Å². The van der Waals surface area contributed by atoms with Crippen LogP contribution in [0.1, 0.15) is 5.69 Å². The number of esters is 1. The molecule has 6 atom stereocenters. The summed E-state index contributed by atoms with van der Waals surface area (Å²) in [5.41, 5.74) is 6.29. The molecule has 1 aliphatic rings. The van der Waals surface area contributed by atoms with Gasteiger partial charge in [-0.15, -0.1) is 0 Å². The number of aliphatic hydroxyl groups is 4. The standard InChI is InChI=1S/C12H19N3O7/c13-6(1-5-2-14-4-15-5)11(19)22-10-9(18)8(17)7(3-16)21-12(10)20/h2,4,6-10,12,16-18,20H,1,3,13H2,(H,14,15)/t6-,7+,8+,9-,10+,12?/m0/s1. The Labute approximate surface area is 125 Å². The Bertz CT molecular complexity index is 483. The van der Waals surface area contributed by atoms with Gasteiger partial charge < -0.3 is 40.6 Å². The average molecular weight is 317 g/mol. The predicted molar refractivity (Wildman–Crippen MR) is 70.1 cm³/mol. The number of carbonyl (C=O) groups excluding carboxylic acids is 1. The van der Waals surface area contributed by atoms with E-state index in [1.165, 1.54) is 12.5 Å². The molecule has 1 aliphatic heterocycles. The van der Waals surface area contributed by atoms with E-state index < -0.39 is 49.3 Å². The van der Waals surface area contributed by atoms with Crippen molar-refractivity contribution in [2.75, 3.05) is 6.61 Å². The van der Waals surface area contributed by atoms with E-state index in [4.69, 9.17) is 20.3 Å². The fraction of sp³-hybridized carbons (Fsp3) is 0.667. The Morgan fingerprint density at radius 2 is 2.18 bits per heavy atom. The molecule has 10 heteroatoms. The van der Waals surface area contributed by atoms with E-state index in [1.807, 2.05) is 0 Å². The first kappa shape index (κ1) is 16.8. The summed E-state index contributed by atoms with van der Waals surface area (Å²) >= 11 is 0. The second kappa shape index (κ2) is 7.13. The number of aromatic nitrogens is 2. The maximum atomic E-state index is 11.9. The van der Waals surface area contributed by atoms with Crippen molar-refractivity contribution in [2.24, 2.45) is 5.73 Å². The molecule has 0 saturated carbocycles. The van der Waals surface area contributed by atoms with E-state index in [1.54, 1.807) is 0 Å². The number of hydrogen-bond acceptors (Lipinski definition) is 9. The summed E-state index contributed by atoms with van der Waals surface area (Å²) in [6, 6.07) is -1.05. The topological polar surface area (TPSA) is 171 Å². The first-order chi connectivity index (χ1) is 10.4. The van der Waals surface area contributed by atoms with Crippen molar-refractivity contribution in [1.82, 2.24) is 9.97 Å². The molecule has 0 spiro atoms. The normalized spacial score (nSPS) is 33.4. The lowest BCUT2D eigenvalue weighted by atomic mass is 9.99. The second-order valence-corrected chi connectivity index (χ2v) is 5.02. The maximum absolute atomic E-state index is 11.9. The van der Waals surface area contributed by atoms with Crippen LogP contribution in [0.15, 0.2) is 12.5 Å². The third-order valence-corrected chi connectivity index (χ3v) is 3.39. The zero-order valence-electron chi connectivity index (χ0n) is 11.6. The molecule has 2 heterocycles. The SMILES string of the molecule is N[C@@H](Cc1cnc[nH]1)C(=O)O[C@H]1C(O)O[C@H](CO)[C@@H](O)[C@@H]1O. The van der Waals surface area contributed by atoms with Crippen molar-refractivity contribution in [3.63, 3.8) is 0 Å². The van der Waals surface area contributed by atoms with Gasteiger partial charge in [-0.3, -0.25) is 4.79 Å². The van der Waals surface area contributed by atoms with Crippen molar-refractivity contribution < 1.29 is 34.7 Å². The molecule has 7 N–H and O–H groups in total. The lowest BCUT2D eigenvalue weighted by molar-refractivity contribution is -0.291.